The average molecular weight is 456 g/mol. The third kappa shape index (κ3) is 4.56. The lowest BCUT2D eigenvalue weighted by Gasteiger charge is -2.30. The van der Waals surface area contributed by atoms with E-state index in [-0.39, 0.29) is 0 Å². The molecule has 0 saturated carbocycles. The van der Waals surface area contributed by atoms with Crippen LogP contribution >= 0.6 is 0 Å². The van der Waals surface area contributed by atoms with Crippen molar-refractivity contribution in [2.24, 2.45) is 5.92 Å². The Kier molecular flexibility index (Phi) is 6.77. The van der Waals surface area contributed by atoms with Gasteiger partial charge < -0.3 is 4.18 Å². The Hall–Kier alpha value is -1.50. The van der Waals surface area contributed by atoms with Gasteiger partial charge in [-0.15, -0.1) is 0 Å². The first-order valence-electron chi connectivity index (χ1n) is 7.73. The second kappa shape index (κ2) is 7.73. The summed E-state index contributed by atoms with van der Waals surface area (Å²) in [5, 5.41) is -12.9. The quantitative estimate of drug-likeness (QED) is 0.417. The standard InChI is InChI=1S/C15H18F6O5S2/c1-10(2)4-5-11-6-8-12(9-7-11)26-28(24,25)15(20,21)13(16,17)14(18,19)27(3,22)23/h6-10H,4-5H2,1-3H3. The van der Waals surface area contributed by atoms with Crippen molar-refractivity contribution in [3.8, 4) is 5.75 Å². The molecule has 0 saturated heterocycles. The summed E-state index contributed by atoms with van der Waals surface area (Å²) < 4.78 is 130. The zero-order chi connectivity index (χ0) is 22.2. The first-order chi connectivity index (χ1) is 12.4. The van der Waals surface area contributed by atoms with Gasteiger partial charge in [0.25, 0.3) is 0 Å². The Morgan fingerprint density at radius 3 is 1.75 bits per heavy atom. The summed E-state index contributed by atoms with van der Waals surface area (Å²) in [6, 6.07) is 4.34. The largest absolute Gasteiger partial charge is 0.450 e. The Morgan fingerprint density at radius 1 is 0.893 bits per heavy atom. The predicted molar refractivity (Wildman–Crippen MR) is 88.8 cm³/mol. The van der Waals surface area contributed by atoms with Crippen LogP contribution in [0.1, 0.15) is 25.8 Å². The summed E-state index contributed by atoms with van der Waals surface area (Å²) in [5.74, 6) is -7.27. The van der Waals surface area contributed by atoms with Crippen LogP contribution in [0, 0.1) is 5.92 Å². The summed E-state index contributed by atoms with van der Waals surface area (Å²) in [6.45, 7) is 3.89. The lowest BCUT2D eigenvalue weighted by Crippen LogP contribution is -2.61. The zero-order valence-corrected chi connectivity index (χ0v) is 16.6. The summed E-state index contributed by atoms with van der Waals surface area (Å²) in [4.78, 5) is 0. The number of aryl methyl sites for hydroxylation is 1. The fourth-order valence-corrected chi connectivity index (χ4v) is 3.48. The van der Waals surface area contributed by atoms with Crippen molar-refractivity contribution in [2.75, 3.05) is 6.26 Å². The van der Waals surface area contributed by atoms with Crippen molar-refractivity contribution >= 4 is 20.0 Å². The molecule has 162 valence electrons. The minimum atomic E-state index is -6.79. The van der Waals surface area contributed by atoms with Gasteiger partial charge in [0.15, 0.2) is 0 Å². The maximum Gasteiger partial charge on any atom is 0.450 e. The lowest BCUT2D eigenvalue weighted by molar-refractivity contribution is -0.245. The fourth-order valence-electron chi connectivity index (χ4n) is 1.91. The summed E-state index contributed by atoms with van der Waals surface area (Å²) in [7, 11) is -12.8. The third-order valence-electron chi connectivity index (χ3n) is 3.65. The van der Waals surface area contributed by atoms with Gasteiger partial charge in [-0.25, -0.2) is 8.42 Å². The molecule has 1 aromatic rings. The van der Waals surface area contributed by atoms with Crippen LogP contribution in [-0.4, -0.2) is 39.5 Å². The lowest BCUT2D eigenvalue weighted by atomic mass is 10.0. The number of alkyl halides is 6. The molecular formula is C15H18F6O5S2. The molecule has 1 aromatic carbocycles. The van der Waals surface area contributed by atoms with Crippen LogP contribution in [-0.2, 0) is 26.4 Å². The van der Waals surface area contributed by atoms with E-state index in [1.807, 2.05) is 13.8 Å². The second-order valence-electron chi connectivity index (χ2n) is 6.49. The third-order valence-corrected chi connectivity index (χ3v) is 6.13. The van der Waals surface area contributed by atoms with Crippen LogP contribution in [0.4, 0.5) is 26.3 Å². The SMILES string of the molecule is CC(C)CCc1ccc(OS(=O)(=O)C(F)(F)C(F)(F)C(F)(F)S(C)(=O)=O)cc1. The zero-order valence-electron chi connectivity index (χ0n) is 14.9. The number of halogens is 6. The maximum atomic E-state index is 13.8. The second-order valence-corrected chi connectivity index (χ2v) is 10.1. The molecule has 28 heavy (non-hydrogen) atoms. The van der Waals surface area contributed by atoms with E-state index in [0.29, 0.717) is 17.9 Å². The van der Waals surface area contributed by atoms with E-state index in [2.05, 4.69) is 4.18 Å². The molecule has 0 heterocycles. The number of benzene rings is 1. The van der Waals surface area contributed by atoms with E-state index in [0.717, 1.165) is 18.6 Å². The van der Waals surface area contributed by atoms with E-state index >= 15 is 0 Å². The number of hydrogen-bond acceptors (Lipinski definition) is 5. The molecule has 0 unspecified atom stereocenters. The molecule has 5 nitrogen and oxygen atoms in total. The van der Waals surface area contributed by atoms with Crippen LogP contribution in [0.5, 0.6) is 5.75 Å². The first kappa shape index (κ1) is 24.5. The Morgan fingerprint density at radius 2 is 1.36 bits per heavy atom. The van der Waals surface area contributed by atoms with Crippen molar-refractivity contribution in [3.63, 3.8) is 0 Å². The molecule has 0 aliphatic rings. The molecule has 0 spiro atoms. The van der Waals surface area contributed by atoms with Crippen LogP contribution < -0.4 is 4.18 Å². The van der Waals surface area contributed by atoms with Crippen LogP contribution in [0.2, 0.25) is 0 Å². The highest BCUT2D eigenvalue weighted by Gasteiger charge is 2.82. The van der Waals surface area contributed by atoms with Gasteiger partial charge in [-0.2, -0.15) is 34.8 Å². The first-order valence-corrected chi connectivity index (χ1v) is 11.0. The van der Waals surface area contributed by atoms with Gasteiger partial charge in [-0.1, -0.05) is 26.0 Å². The van der Waals surface area contributed by atoms with E-state index in [1.54, 1.807) is 0 Å². The van der Waals surface area contributed by atoms with Crippen LogP contribution in [0.15, 0.2) is 24.3 Å². The Labute approximate surface area is 158 Å². The average Bonchev–Trinajstić information content (AvgIpc) is 2.52. The molecule has 0 radical (unpaired) electrons. The van der Waals surface area contributed by atoms with E-state index < -0.39 is 48.4 Å². The molecule has 0 N–H and O–H groups in total. The van der Waals surface area contributed by atoms with E-state index in [1.165, 1.54) is 12.1 Å². The van der Waals surface area contributed by atoms with Gasteiger partial charge in [-0.3, -0.25) is 0 Å². The molecule has 0 fully saturated rings. The van der Waals surface area contributed by atoms with E-state index in [4.69, 9.17) is 0 Å². The Bertz CT molecular complexity index is 893. The van der Waals surface area contributed by atoms with Crippen LogP contribution in [0.3, 0.4) is 0 Å². The minimum absolute atomic E-state index is 0.341. The van der Waals surface area contributed by atoms with Crippen molar-refractivity contribution in [1.29, 1.82) is 0 Å². The normalized spacial score (nSPS) is 14.4. The van der Waals surface area contributed by atoms with Crippen molar-refractivity contribution in [1.82, 2.24) is 0 Å². The molecule has 0 aromatic heterocycles. The maximum absolute atomic E-state index is 13.8. The van der Waals surface area contributed by atoms with Gasteiger partial charge >= 0.3 is 26.5 Å². The molecular weight excluding hydrogens is 438 g/mol. The van der Waals surface area contributed by atoms with Crippen molar-refractivity contribution in [3.05, 3.63) is 29.8 Å². The number of sulfone groups is 1. The highest BCUT2D eigenvalue weighted by atomic mass is 32.2. The van der Waals surface area contributed by atoms with Gasteiger partial charge in [0.1, 0.15) is 5.75 Å². The predicted octanol–water partition coefficient (Wildman–Crippen LogP) is 3.85. The van der Waals surface area contributed by atoms with Crippen molar-refractivity contribution in [2.45, 2.75) is 43.1 Å². The number of rotatable bonds is 9. The van der Waals surface area contributed by atoms with Gasteiger partial charge in [0.2, 0.25) is 9.84 Å². The smallest absolute Gasteiger partial charge is 0.378 e. The number of hydrogen-bond donors (Lipinski definition) is 0. The molecule has 0 aliphatic heterocycles. The molecule has 0 aliphatic carbocycles. The van der Waals surface area contributed by atoms with Gasteiger partial charge in [0.05, 0.1) is 0 Å². The fraction of sp³-hybridized carbons (Fsp3) is 0.600. The summed E-state index contributed by atoms with van der Waals surface area (Å²) >= 11 is 0. The molecule has 0 bridgehead atoms. The summed E-state index contributed by atoms with van der Waals surface area (Å²) in [5.41, 5.74) is 0.666. The van der Waals surface area contributed by atoms with Crippen LogP contribution in [0.25, 0.3) is 0 Å². The molecule has 1 rings (SSSR count). The monoisotopic (exact) mass is 456 g/mol. The van der Waals surface area contributed by atoms with Gasteiger partial charge in [0, 0.05) is 6.26 Å². The van der Waals surface area contributed by atoms with Gasteiger partial charge in [-0.05, 0) is 36.5 Å². The van der Waals surface area contributed by atoms with E-state index in [9.17, 15) is 43.2 Å². The highest BCUT2D eigenvalue weighted by Crippen LogP contribution is 2.50. The Balaban J connectivity index is 3.17. The topological polar surface area (TPSA) is 77.5 Å². The molecule has 0 atom stereocenters. The molecule has 0 amide bonds. The summed E-state index contributed by atoms with van der Waals surface area (Å²) in [6.07, 6.45) is 0.878. The van der Waals surface area contributed by atoms with Crippen molar-refractivity contribution < 1.29 is 47.4 Å². The highest BCUT2D eigenvalue weighted by molar-refractivity contribution is 7.92. The molecule has 13 heteroatoms. The minimum Gasteiger partial charge on any atom is -0.378 e.